The van der Waals surface area contributed by atoms with Crippen molar-refractivity contribution in [3.05, 3.63) is 0 Å². The molecule has 4 amide bonds. The number of carbonyl (C=O) groups excluding carboxylic acids is 4. The van der Waals surface area contributed by atoms with E-state index in [-0.39, 0.29) is 0 Å². The van der Waals surface area contributed by atoms with Crippen LogP contribution in [0.2, 0.25) is 0 Å². The van der Waals surface area contributed by atoms with Gasteiger partial charge in [-0.2, -0.15) is 0 Å². The van der Waals surface area contributed by atoms with Gasteiger partial charge in [0.2, 0.25) is 23.6 Å². The molecule has 0 spiro atoms. The van der Waals surface area contributed by atoms with Gasteiger partial charge in [-0.15, -0.1) is 0 Å². The zero-order valence-electron chi connectivity index (χ0n) is 54.2. The molecule has 43 nitrogen and oxygen atoms in total. The third-order valence-corrected chi connectivity index (χ3v) is 17.8. The molecule has 7 aliphatic rings. The fraction of sp³-hybridized carbons (Fsp3) is 0.929. The normalized spacial score (nSPS) is 45.7. The highest BCUT2D eigenvalue weighted by molar-refractivity contribution is 5.74. The first-order chi connectivity index (χ1) is 46.7. The van der Waals surface area contributed by atoms with Crippen LogP contribution in [-0.2, 0) is 85.5 Å². The Morgan fingerprint density at radius 2 is 0.737 bits per heavy atom. The molecule has 7 aliphatic heterocycles. The van der Waals surface area contributed by atoms with Crippen LogP contribution in [0.25, 0.3) is 0 Å². The molecule has 7 rings (SSSR count). The van der Waals surface area contributed by atoms with Crippen LogP contribution in [0.15, 0.2) is 0 Å². The van der Waals surface area contributed by atoms with Gasteiger partial charge in [0.15, 0.2) is 44.0 Å². The van der Waals surface area contributed by atoms with E-state index in [1.807, 2.05) is 0 Å². The van der Waals surface area contributed by atoms with E-state index < -0.39 is 309 Å². The largest absolute Gasteiger partial charge is 0.394 e. The van der Waals surface area contributed by atoms with Crippen LogP contribution in [0, 0.1) is 0 Å². The zero-order chi connectivity index (χ0) is 73.5. The summed E-state index contributed by atoms with van der Waals surface area (Å²) in [5.74, 6) is -3.50. The van der Waals surface area contributed by atoms with Crippen molar-refractivity contribution in [2.45, 2.75) is 281 Å². The molecule has 7 heterocycles. The van der Waals surface area contributed by atoms with E-state index in [1.54, 1.807) is 0 Å². The molecule has 99 heavy (non-hydrogen) atoms. The number of aliphatic hydroxyl groups excluding tert-OH is 21. The summed E-state index contributed by atoms with van der Waals surface area (Å²) in [5, 5.41) is 241. The Labute approximate surface area is 563 Å². The number of amides is 4. The van der Waals surface area contributed by atoms with Gasteiger partial charge in [-0.05, 0) is 13.8 Å². The van der Waals surface area contributed by atoms with Crippen LogP contribution in [0.1, 0.15) is 41.5 Å². The summed E-state index contributed by atoms with van der Waals surface area (Å²) < 4.78 is 83.0. The number of rotatable bonds is 28. The molecule has 574 valence electrons. The van der Waals surface area contributed by atoms with Gasteiger partial charge in [0.1, 0.15) is 177 Å². The van der Waals surface area contributed by atoms with Gasteiger partial charge >= 0.3 is 0 Å². The summed E-state index contributed by atoms with van der Waals surface area (Å²) in [5.41, 5.74) is 0. The second-order valence-corrected chi connectivity index (χ2v) is 25.1. The minimum atomic E-state index is -2.49. The molecule has 25 N–H and O–H groups in total. The topological polar surface area (TPSA) is 670 Å². The third kappa shape index (κ3) is 19.1. The third-order valence-electron chi connectivity index (χ3n) is 17.8. The van der Waals surface area contributed by atoms with Crippen molar-refractivity contribution < 1.29 is 193 Å². The van der Waals surface area contributed by atoms with Gasteiger partial charge in [0.25, 0.3) is 0 Å². The Balaban J connectivity index is 1.20. The molecule has 43 heteroatoms. The first-order valence-corrected chi connectivity index (χ1v) is 31.7. The van der Waals surface area contributed by atoms with Crippen LogP contribution in [0.4, 0.5) is 0 Å². The lowest BCUT2D eigenvalue weighted by Gasteiger charge is -2.51. The Hall–Kier alpha value is -3.52. The smallest absolute Gasteiger partial charge is 0.217 e. The van der Waals surface area contributed by atoms with Gasteiger partial charge in [0.05, 0.1) is 64.5 Å². The highest BCUT2D eigenvalue weighted by atomic mass is 16.8. The van der Waals surface area contributed by atoms with Crippen LogP contribution in [-0.4, -0.2) is 416 Å². The lowest BCUT2D eigenvalue weighted by Crippen LogP contribution is -2.70. The average Bonchev–Trinajstić information content (AvgIpc) is 0.775. The molecule has 0 saturated carbocycles. The zero-order valence-corrected chi connectivity index (χ0v) is 54.2. The lowest BCUT2D eigenvalue weighted by molar-refractivity contribution is -0.400. The number of ether oxygens (including phenoxy) is 14. The fourth-order valence-corrected chi connectivity index (χ4v) is 12.5. The van der Waals surface area contributed by atoms with Crippen molar-refractivity contribution in [1.29, 1.82) is 0 Å². The van der Waals surface area contributed by atoms with E-state index in [1.165, 1.54) is 13.8 Å². The van der Waals surface area contributed by atoms with Crippen molar-refractivity contribution >= 4 is 23.6 Å². The number of hydrogen-bond donors (Lipinski definition) is 25. The Morgan fingerprint density at radius 1 is 0.364 bits per heavy atom. The summed E-state index contributed by atoms with van der Waals surface area (Å²) in [4.78, 5) is 50.7. The maximum atomic E-state index is 13.1. The molecular weight excluding hydrogens is 1350 g/mol. The molecule has 7 saturated heterocycles. The highest BCUT2D eigenvalue weighted by Crippen LogP contribution is 2.39. The Morgan fingerprint density at radius 3 is 1.19 bits per heavy atom. The molecular formula is C56H96N4O39. The molecule has 0 aromatic heterocycles. The minimum Gasteiger partial charge on any atom is -0.394 e. The van der Waals surface area contributed by atoms with E-state index in [0.717, 1.165) is 27.7 Å². The molecule has 0 bridgehead atoms. The summed E-state index contributed by atoms with van der Waals surface area (Å²) >= 11 is 0. The predicted molar refractivity (Wildman–Crippen MR) is 310 cm³/mol. The molecule has 0 aromatic carbocycles. The van der Waals surface area contributed by atoms with Crippen molar-refractivity contribution in [1.82, 2.24) is 21.3 Å². The van der Waals surface area contributed by atoms with Gasteiger partial charge in [-0.3, -0.25) is 19.2 Å². The quantitative estimate of drug-likeness (QED) is 0.0346. The summed E-state index contributed by atoms with van der Waals surface area (Å²) in [7, 11) is 0. The molecule has 0 unspecified atom stereocenters. The van der Waals surface area contributed by atoms with Gasteiger partial charge in [-0.25, -0.2) is 0 Å². The SMILES string of the molecule is CC(=O)N[C@H]1[C@H](OC[C@@H](O)[C@H](O)[C@H](O[C@@H]2O[C@H](CO)[C@H](O)[C@H](O[C@@H]3O[C@H](CO)[C@@H](O[C@@H]4O[C@H](CO)[C@H](O)[C@H](O)[C@H]4O[C@@H]4O[C@@H](C)[C@@H](O)[C@@H](O)[C@@H]4O)[C@H](O)[C@H]3NC(C)=O)[C@H]2O[C@@H]2O[C@@H](C)[C@@H](O)[C@@H](O)[C@@H]2O)[C@H](CO)NC(C)=O)O[C@H](CO)[C@@H](O[C@@H]2O[C@H](CO)[C@H](O)[C@H](O)[C@H]2NC(C)=O)[C@@H]1O. The predicted octanol–water partition coefficient (Wildman–Crippen LogP) is -16.2. The number of nitrogens with one attached hydrogen (secondary N) is 4. The first kappa shape index (κ1) is 82.8. The van der Waals surface area contributed by atoms with Crippen LogP contribution >= 0.6 is 0 Å². The van der Waals surface area contributed by atoms with Crippen molar-refractivity contribution in [2.75, 3.05) is 46.2 Å². The molecule has 39 atom stereocenters. The summed E-state index contributed by atoms with van der Waals surface area (Å²) in [6, 6.07) is -7.18. The maximum absolute atomic E-state index is 13.1. The van der Waals surface area contributed by atoms with Gasteiger partial charge in [0, 0.05) is 27.7 Å². The lowest BCUT2D eigenvalue weighted by atomic mass is 9.94. The van der Waals surface area contributed by atoms with Crippen LogP contribution < -0.4 is 21.3 Å². The Kier molecular flexibility index (Phi) is 30.5. The average molecular weight is 1450 g/mol. The van der Waals surface area contributed by atoms with Crippen molar-refractivity contribution in [3.63, 3.8) is 0 Å². The second-order valence-electron chi connectivity index (χ2n) is 25.1. The molecule has 0 aromatic rings. The van der Waals surface area contributed by atoms with Crippen molar-refractivity contribution in [2.24, 2.45) is 0 Å². The highest BCUT2D eigenvalue weighted by Gasteiger charge is 2.59. The number of aliphatic hydroxyl groups is 21. The standard InChI is InChI=1S/C56H96N4O39/c1-14-30(72)39(81)42(84)53(87-14)98-48-41(83)34(76)23(9-63)90-55(48)96-46-26(12-66)93-52(29(38(46)80)60-19(6)70)97-47-35(77)24(10-64)91-56(49(47)99-54-43(85)40(82)31(73)15(2)88-54)94-44(20(7-61)57-16(3)67)32(74)21(71)13-86-50-28(59-18(5)69)37(79)45(25(11-65)92-50)95-51-27(58-17(4)68)36(78)33(75)22(8-62)89-51/h14-15,20-56,61-66,71-85H,7-13H2,1-6H3,(H,57,67)(H,58,68)(H,59,69)(H,60,70)/t14-,15-,20-,21+,22+,23+,24+,25+,26+,27+,28+,29+,30+,31+,32-,33-,34-,35-,36+,37+,38+,39+,40+,41-,42-,43-,44+,45+,46+,47-,48+,49+,50+,51-,52-,53-,54-,55-,56-/m0/s1. The van der Waals surface area contributed by atoms with Gasteiger partial charge in [-0.1, -0.05) is 0 Å². The van der Waals surface area contributed by atoms with Gasteiger partial charge < -0.3 is 195 Å². The minimum absolute atomic E-state index is 0.759. The fourth-order valence-electron chi connectivity index (χ4n) is 12.5. The monoisotopic (exact) mass is 1450 g/mol. The van der Waals surface area contributed by atoms with Crippen LogP contribution in [0.3, 0.4) is 0 Å². The van der Waals surface area contributed by atoms with E-state index in [9.17, 15) is 126 Å². The maximum Gasteiger partial charge on any atom is 0.217 e. The van der Waals surface area contributed by atoms with Crippen molar-refractivity contribution in [3.8, 4) is 0 Å². The van der Waals surface area contributed by atoms with Crippen LogP contribution in [0.5, 0.6) is 0 Å². The van der Waals surface area contributed by atoms with E-state index in [0.29, 0.717) is 0 Å². The summed E-state index contributed by atoms with van der Waals surface area (Å²) in [6.07, 6.45) is -69.0. The number of hydrogen-bond acceptors (Lipinski definition) is 39. The summed E-state index contributed by atoms with van der Waals surface area (Å²) in [6.45, 7) is -1.17. The molecule has 7 fully saturated rings. The van der Waals surface area contributed by atoms with E-state index >= 15 is 0 Å². The van der Waals surface area contributed by atoms with E-state index in [4.69, 9.17) is 66.3 Å². The Bertz CT molecular complexity index is 2550. The first-order valence-electron chi connectivity index (χ1n) is 31.7. The molecule has 0 radical (unpaired) electrons. The molecule has 0 aliphatic carbocycles. The van der Waals surface area contributed by atoms with E-state index in [2.05, 4.69) is 21.3 Å². The number of carbonyl (C=O) groups is 4. The second kappa shape index (κ2) is 36.5.